The van der Waals surface area contributed by atoms with Crippen molar-refractivity contribution in [3.63, 3.8) is 0 Å². The van der Waals surface area contributed by atoms with Gasteiger partial charge >= 0.3 is 0 Å². The SMILES string of the molecule is CCOc1cccc(NC(=O)/C(C#N)=C/c2ccc(OCc3ccccc3C#N)cc2)c1. The summed E-state index contributed by atoms with van der Waals surface area (Å²) in [6, 6.07) is 25.3. The smallest absolute Gasteiger partial charge is 0.266 e. The number of hydrogen-bond donors (Lipinski definition) is 1. The number of nitriles is 2. The summed E-state index contributed by atoms with van der Waals surface area (Å²) in [5.74, 6) is 0.751. The van der Waals surface area contributed by atoms with Gasteiger partial charge in [0.05, 0.1) is 18.2 Å². The lowest BCUT2D eigenvalue weighted by Gasteiger charge is -2.08. The van der Waals surface area contributed by atoms with Crippen molar-refractivity contribution in [1.82, 2.24) is 0 Å². The molecule has 0 aliphatic rings. The maximum absolute atomic E-state index is 12.5. The zero-order chi connectivity index (χ0) is 22.8. The Bertz CT molecular complexity index is 1200. The Morgan fingerprint density at radius 3 is 2.47 bits per heavy atom. The number of amides is 1. The van der Waals surface area contributed by atoms with Crippen molar-refractivity contribution >= 4 is 17.7 Å². The molecule has 3 aromatic rings. The monoisotopic (exact) mass is 423 g/mol. The van der Waals surface area contributed by atoms with Crippen LogP contribution in [-0.4, -0.2) is 12.5 Å². The van der Waals surface area contributed by atoms with Gasteiger partial charge in [-0.3, -0.25) is 4.79 Å². The van der Waals surface area contributed by atoms with Gasteiger partial charge in [-0.2, -0.15) is 10.5 Å². The number of benzene rings is 3. The molecule has 6 nitrogen and oxygen atoms in total. The molecule has 0 unspecified atom stereocenters. The molecule has 0 spiro atoms. The lowest BCUT2D eigenvalue weighted by atomic mass is 10.1. The molecule has 0 aliphatic carbocycles. The predicted octanol–water partition coefficient (Wildman–Crippen LogP) is 5.08. The average molecular weight is 423 g/mol. The van der Waals surface area contributed by atoms with Crippen LogP contribution in [0.1, 0.15) is 23.6 Å². The zero-order valence-electron chi connectivity index (χ0n) is 17.5. The zero-order valence-corrected chi connectivity index (χ0v) is 17.5. The Labute approximate surface area is 186 Å². The van der Waals surface area contributed by atoms with E-state index in [2.05, 4.69) is 11.4 Å². The highest BCUT2D eigenvalue weighted by Crippen LogP contribution is 2.20. The second kappa shape index (κ2) is 11.0. The minimum absolute atomic E-state index is 0.0246. The van der Waals surface area contributed by atoms with Crippen LogP contribution in [0.2, 0.25) is 0 Å². The third kappa shape index (κ3) is 5.98. The molecule has 3 rings (SSSR count). The highest BCUT2D eigenvalue weighted by Gasteiger charge is 2.10. The van der Waals surface area contributed by atoms with E-state index >= 15 is 0 Å². The molecule has 158 valence electrons. The maximum Gasteiger partial charge on any atom is 0.266 e. The molecule has 32 heavy (non-hydrogen) atoms. The summed E-state index contributed by atoms with van der Waals surface area (Å²) in [6.07, 6.45) is 1.51. The summed E-state index contributed by atoms with van der Waals surface area (Å²) >= 11 is 0. The molecule has 1 N–H and O–H groups in total. The predicted molar refractivity (Wildman–Crippen MR) is 122 cm³/mol. The van der Waals surface area contributed by atoms with E-state index in [9.17, 15) is 10.1 Å². The average Bonchev–Trinajstić information content (AvgIpc) is 2.82. The van der Waals surface area contributed by atoms with Crippen LogP contribution < -0.4 is 14.8 Å². The van der Waals surface area contributed by atoms with Crippen molar-refractivity contribution < 1.29 is 14.3 Å². The van der Waals surface area contributed by atoms with Crippen LogP contribution in [0.3, 0.4) is 0 Å². The first kappa shape index (κ1) is 22.1. The van der Waals surface area contributed by atoms with Crippen LogP contribution in [0.15, 0.2) is 78.4 Å². The lowest BCUT2D eigenvalue weighted by Crippen LogP contribution is -2.13. The van der Waals surface area contributed by atoms with Gasteiger partial charge in [-0.25, -0.2) is 0 Å². The first-order valence-electron chi connectivity index (χ1n) is 10.00. The van der Waals surface area contributed by atoms with E-state index in [1.165, 1.54) is 6.08 Å². The fraction of sp³-hybridized carbons (Fsp3) is 0.115. The van der Waals surface area contributed by atoms with Crippen molar-refractivity contribution in [2.24, 2.45) is 0 Å². The van der Waals surface area contributed by atoms with Crippen LogP contribution in [-0.2, 0) is 11.4 Å². The van der Waals surface area contributed by atoms with Crippen LogP contribution in [0.4, 0.5) is 5.69 Å². The largest absolute Gasteiger partial charge is 0.494 e. The van der Waals surface area contributed by atoms with E-state index in [4.69, 9.17) is 14.7 Å². The number of rotatable bonds is 8. The van der Waals surface area contributed by atoms with E-state index < -0.39 is 5.91 Å². The second-order valence-electron chi connectivity index (χ2n) is 6.71. The van der Waals surface area contributed by atoms with Crippen molar-refractivity contribution in [2.45, 2.75) is 13.5 Å². The summed E-state index contributed by atoms with van der Waals surface area (Å²) in [5.41, 5.74) is 2.58. The van der Waals surface area contributed by atoms with E-state index in [-0.39, 0.29) is 12.2 Å². The molecule has 0 aromatic heterocycles. The normalized spacial score (nSPS) is 10.5. The van der Waals surface area contributed by atoms with Gasteiger partial charge in [0, 0.05) is 17.3 Å². The molecule has 0 radical (unpaired) electrons. The van der Waals surface area contributed by atoms with Crippen molar-refractivity contribution in [2.75, 3.05) is 11.9 Å². The Balaban J connectivity index is 1.66. The molecule has 0 bridgehead atoms. The molecule has 0 saturated carbocycles. The standard InChI is InChI=1S/C26H21N3O3/c1-2-31-25-9-5-8-23(15-25)29-26(30)22(17-28)14-19-10-12-24(13-11-19)32-18-21-7-4-3-6-20(21)16-27/h3-15H,2,18H2,1H3,(H,29,30)/b22-14+. The number of carbonyl (C=O) groups excluding carboxylic acids is 1. The van der Waals surface area contributed by atoms with Crippen LogP contribution in [0.5, 0.6) is 11.5 Å². The van der Waals surface area contributed by atoms with E-state index in [1.54, 1.807) is 54.6 Å². The number of ether oxygens (including phenoxy) is 2. The number of carbonyl (C=O) groups is 1. The summed E-state index contributed by atoms with van der Waals surface area (Å²) in [4.78, 5) is 12.5. The van der Waals surface area contributed by atoms with Crippen LogP contribution >= 0.6 is 0 Å². The Hall–Kier alpha value is -4.55. The van der Waals surface area contributed by atoms with Crippen LogP contribution in [0.25, 0.3) is 6.08 Å². The highest BCUT2D eigenvalue weighted by atomic mass is 16.5. The van der Waals surface area contributed by atoms with Gasteiger partial charge in [0.2, 0.25) is 0 Å². The first-order valence-corrected chi connectivity index (χ1v) is 10.00. The molecule has 6 heteroatoms. The molecule has 3 aromatic carbocycles. The molecule has 0 fully saturated rings. The van der Waals surface area contributed by atoms with E-state index in [0.29, 0.717) is 34.9 Å². The van der Waals surface area contributed by atoms with Crippen molar-refractivity contribution in [1.29, 1.82) is 10.5 Å². The minimum Gasteiger partial charge on any atom is -0.494 e. The van der Waals surface area contributed by atoms with Gasteiger partial charge < -0.3 is 14.8 Å². The molecule has 1 amide bonds. The second-order valence-corrected chi connectivity index (χ2v) is 6.71. The molecular formula is C26H21N3O3. The minimum atomic E-state index is -0.505. The summed E-state index contributed by atoms with van der Waals surface area (Å²) in [6.45, 7) is 2.67. The number of hydrogen-bond acceptors (Lipinski definition) is 5. The van der Waals surface area contributed by atoms with Crippen LogP contribution in [0, 0.1) is 22.7 Å². The van der Waals surface area contributed by atoms with Gasteiger partial charge in [-0.15, -0.1) is 0 Å². The summed E-state index contributed by atoms with van der Waals surface area (Å²) in [5, 5.41) is 21.3. The van der Waals surface area contributed by atoms with Gasteiger partial charge in [0.1, 0.15) is 29.7 Å². The Morgan fingerprint density at radius 1 is 0.969 bits per heavy atom. The molecule has 0 heterocycles. The maximum atomic E-state index is 12.5. The molecular weight excluding hydrogens is 402 g/mol. The van der Waals surface area contributed by atoms with Gasteiger partial charge in [0.15, 0.2) is 0 Å². The quantitative estimate of drug-likeness (QED) is 0.403. The molecule has 0 saturated heterocycles. The lowest BCUT2D eigenvalue weighted by molar-refractivity contribution is -0.112. The third-order valence-corrected chi connectivity index (χ3v) is 4.49. The van der Waals surface area contributed by atoms with E-state index in [1.807, 2.05) is 31.2 Å². The number of anilines is 1. The van der Waals surface area contributed by atoms with Gasteiger partial charge in [0.25, 0.3) is 5.91 Å². The molecule has 0 atom stereocenters. The van der Waals surface area contributed by atoms with Gasteiger partial charge in [-0.1, -0.05) is 36.4 Å². The number of nitrogens with one attached hydrogen (secondary N) is 1. The first-order chi connectivity index (χ1) is 15.6. The Kier molecular flexibility index (Phi) is 7.62. The summed E-state index contributed by atoms with van der Waals surface area (Å²) in [7, 11) is 0. The third-order valence-electron chi connectivity index (χ3n) is 4.49. The Morgan fingerprint density at radius 2 is 1.75 bits per heavy atom. The highest BCUT2D eigenvalue weighted by molar-refractivity contribution is 6.09. The van der Waals surface area contributed by atoms with Crippen molar-refractivity contribution in [3.05, 3.63) is 95.1 Å². The van der Waals surface area contributed by atoms with Crippen molar-refractivity contribution in [3.8, 4) is 23.6 Å². The fourth-order valence-corrected chi connectivity index (χ4v) is 2.92. The topological polar surface area (TPSA) is 95.1 Å². The fourth-order valence-electron chi connectivity index (χ4n) is 2.92. The number of nitrogens with zero attached hydrogens (tertiary/aromatic N) is 2. The summed E-state index contributed by atoms with van der Waals surface area (Å²) < 4.78 is 11.2. The molecule has 0 aliphatic heterocycles. The van der Waals surface area contributed by atoms with E-state index in [0.717, 1.165) is 5.56 Å². The van der Waals surface area contributed by atoms with Gasteiger partial charge in [-0.05, 0) is 48.9 Å².